The summed E-state index contributed by atoms with van der Waals surface area (Å²) < 4.78 is 14.8. The highest BCUT2D eigenvalue weighted by Crippen LogP contribution is 2.29. The van der Waals surface area contributed by atoms with Gasteiger partial charge in [-0.15, -0.1) is 0 Å². The number of aliphatic imine (C=N–C) groups is 1. The number of benzodiazepines with no additional fused rings is 1. The molecule has 2 amide bonds. The lowest BCUT2D eigenvalue weighted by Crippen LogP contribution is -2.47. The molecule has 33 heavy (non-hydrogen) atoms. The fraction of sp³-hybridized carbons (Fsp3) is 0.160. The Morgan fingerprint density at radius 2 is 1.73 bits per heavy atom. The van der Waals surface area contributed by atoms with Crippen molar-refractivity contribution in [2.75, 3.05) is 11.4 Å². The fourth-order valence-electron chi connectivity index (χ4n) is 3.69. The molecule has 0 saturated heterocycles. The SMILES string of the molecule is CCCN1C(=O)C(NC(=O)c2ccc(Cl)c(Cl)c2)N=C(c2ccccc2F)c2ccccc21. The summed E-state index contributed by atoms with van der Waals surface area (Å²) in [5, 5.41) is 3.20. The van der Waals surface area contributed by atoms with Gasteiger partial charge in [-0.05, 0) is 42.8 Å². The maximum absolute atomic E-state index is 14.8. The molecule has 1 heterocycles. The number of carbonyl (C=O) groups is 2. The molecule has 1 aliphatic rings. The topological polar surface area (TPSA) is 61.8 Å². The van der Waals surface area contributed by atoms with Gasteiger partial charge in [0.2, 0.25) is 6.17 Å². The average molecular weight is 484 g/mol. The number of fused-ring (bicyclic) bond motifs is 1. The number of rotatable bonds is 5. The van der Waals surface area contributed by atoms with Crippen LogP contribution in [0.4, 0.5) is 10.1 Å². The molecular formula is C25H20Cl2FN3O2. The van der Waals surface area contributed by atoms with Gasteiger partial charge in [-0.2, -0.15) is 0 Å². The lowest BCUT2D eigenvalue weighted by atomic mass is 9.99. The van der Waals surface area contributed by atoms with Crippen molar-refractivity contribution >= 4 is 46.4 Å². The third kappa shape index (κ3) is 4.63. The zero-order chi connectivity index (χ0) is 23.5. The first kappa shape index (κ1) is 23.0. The highest BCUT2D eigenvalue weighted by Gasteiger charge is 2.33. The van der Waals surface area contributed by atoms with E-state index in [1.54, 1.807) is 41.3 Å². The van der Waals surface area contributed by atoms with Crippen molar-refractivity contribution in [1.82, 2.24) is 5.32 Å². The van der Waals surface area contributed by atoms with Crippen LogP contribution in [0.25, 0.3) is 0 Å². The first-order valence-electron chi connectivity index (χ1n) is 10.4. The zero-order valence-electron chi connectivity index (χ0n) is 17.7. The molecule has 0 radical (unpaired) electrons. The first-order chi connectivity index (χ1) is 15.9. The number of nitrogens with one attached hydrogen (secondary N) is 1. The number of anilines is 1. The van der Waals surface area contributed by atoms with E-state index in [4.69, 9.17) is 23.2 Å². The second kappa shape index (κ2) is 9.73. The lowest BCUT2D eigenvalue weighted by molar-refractivity contribution is -0.120. The Bertz CT molecular complexity index is 1260. The number of para-hydroxylation sites is 1. The standard InChI is InChI=1S/C25H20Cl2FN3O2/c1-2-13-31-21-10-6-4-8-17(21)22(16-7-3-5-9-20(16)28)29-23(25(31)33)30-24(32)15-11-12-18(26)19(27)14-15/h3-12,14,23H,2,13H2,1H3,(H,30,32). The van der Waals surface area contributed by atoms with Crippen molar-refractivity contribution in [1.29, 1.82) is 0 Å². The minimum Gasteiger partial charge on any atom is -0.322 e. The van der Waals surface area contributed by atoms with Crippen molar-refractivity contribution in [2.24, 2.45) is 4.99 Å². The second-order valence-electron chi connectivity index (χ2n) is 7.47. The van der Waals surface area contributed by atoms with Crippen LogP contribution < -0.4 is 10.2 Å². The minimum atomic E-state index is -1.26. The maximum atomic E-state index is 14.8. The molecule has 0 saturated carbocycles. The largest absolute Gasteiger partial charge is 0.322 e. The summed E-state index contributed by atoms with van der Waals surface area (Å²) in [7, 11) is 0. The molecule has 3 aromatic carbocycles. The van der Waals surface area contributed by atoms with E-state index in [-0.39, 0.29) is 21.9 Å². The molecule has 1 atom stereocenters. The Hall–Kier alpha value is -3.22. The predicted octanol–water partition coefficient (Wildman–Crippen LogP) is 5.48. The predicted molar refractivity (Wildman–Crippen MR) is 129 cm³/mol. The lowest BCUT2D eigenvalue weighted by Gasteiger charge is -2.25. The summed E-state index contributed by atoms with van der Waals surface area (Å²) in [6.07, 6.45) is -0.580. The summed E-state index contributed by atoms with van der Waals surface area (Å²) in [6.45, 7) is 2.36. The fourth-order valence-corrected chi connectivity index (χ4v) is 3.99. The molecule has 0 aromatic heterocycles. The van der Waals surface area contributed by atoms with Crippen LogP contribution in [0.2, 0.25) is 10.0 Å². The molecule has 4 rings (SSSR count). The Balaban J connectivity index is 1.82. The highest BCUT2D eigenvalue weighted by molar-refractivity contribution is 6.42. The minimum absolute atomic E-state index is 0.215. The molecule has 0 spiro atoms. The van der Waals surface area contributed by atoms with E-state index in [0.717, 1.165) is 0 Å². The van der Waals surface area contributed by atoms with Gasteiger partial charge >= 0.3 is 0 Å². The van der Waals surface area contributed by atoms with Gasteiger partial charge in [-0.1, -0.05) is 60.5 Å². The Morgan fingerprint density at radius 3 is 2.42 bits per heavy atom. The molecule has 8 heteroatoms. The van der Waals surface area contributed by atoms with Crippen LogP contribution >= 0.6 is 23.2 Å². The van der Waals surface area contributed by atoms with Crippen molar-refractivity contribution in [3.63, 3.8) is 0 Å². The normalized spacial score (nSPS) is 15.5. The highest BCUT2D eigenvalue weighted by atomic mass is 35.5. The molecule has 3 aromatic rings. The van der Waals surface area contributed by atoms with Crippen molar-refractivity contribution in [3.8, 4) is 0 Å². The molecule has 5 nitrogen and oxygen atoms in total. The summed E-state index contributed by atoms with van der Waals surface area (Å²) in [4.78, 5) is 32.6. The van der Waals surface area contributed by atoms with Crippen molar-refractivity contribution in [2.45, 2.75) is 19.5 Å². The molecule has 0 aliphatic carbocycles. The Kier molecular flexibility index (Phi) is 6.77. The van der Waals surface area contributed by atoms with E-state index in [1.807, 2.05) is 13.0 Å². The monoisotopic (exact) mass is 483 g/mol. The van der Waals surface area contributed by atoms with Gasteiger partial charge in [0.05, 0.1) is 21.4 Å². The smallest absolute Gasteiger partial charge is 0.272 e. The molecule has 0 fully saturated rings. The molecule has 1 unspecified atom stereocenters. The van der Waals surface area contributed by atoms with Crippen molar-refractivity contribution < 1.29 is 14.0 Å². The second-order valence-corrected chi connectivity index (χ2v) is 8.28. The van der Waals surface area contributed by atoms with E-state index in [1.165, 1.54) is 24.3 Å². The van der Waals surface area contributed by atoms with E-state index in [2.05, 4.69) is 10.3 Å². The van der Waals surface area contributed by atoms with Gasteiger partial charge in [0.1, 0.15) is 5.82 Å². The number of hydrogen-bond acceptors (Lipinski definition) is 3. The number of amides is 2. The molecular weight excluding hydrogens is 464 g/mol. The van der Waals surface area contributed by atoms with Gasteiger partial charge in [-0.25, -0.2) is 9.38 Å². The summed E-state index contributed by atoms with van der Waals surface area (Å²) >= 11 is 12.0. The number of nitrogens with zero attached hydrogens (tertiary/aromatic N) is 2. The van der Waals surface area contributed by atoms with Crippen molar-refractivity contribution in [3.05, 3.63) is 99.3 Å². The zero-order valence-corrected chi connectivity index (χ0v) is 19.2. The quantitative estimate of drug-likeness (QED) is 0.521. The average Bonchev–Trinajstić information content (AvgIpc) is 2.92. The van der Waals surface area contributed by atoms with Crippen LogP contribution in [0.5, 0.6) is 0 Å². The van der Waals surface area contributed by atoms with Gasteiger partial charge in [0.15, 0.2) is 0 Å². The number of carbonyl (C=O) groups excluding carboxylic acids is 2. The Morgan fingerprint density at radius 1 is 1.03 bits per heavy atom. The van der Waals surface area contributed by atoms with E-state index >= 15 is 0 Å². The molecule has 1 N–H and O–H groups in total. The Labute approximate surface area is 200 Å². The van der Waals surface area contributed by atoms with Crippen LogP contribution in [0, 0.1) is 5.82 Å². The van der Waals surface area contributed by atoms with Crippen LogP contribution in [-0.4, -0.2) is 30.2 Å². The first-order valence-corrected chi connectivity index (χ1v) is 11.2. The number of benzene rings is 3. The molecule has 0 bridgehead atoms. The number of hydrogen-bond donors (Lipinski definition) is 1. The summed E-state index contributed by atoms with van der Waals surface area (Å²) in [6, 6.07) is 17.8. The van der Waals surface area contributed by atoms with Gasteiger partial charge in [0.25, 0.3) is 11.8 Å². The van der Waals surface area contributed by atoms with Crippen LogP contribution in [0.15, 0.2) is 71.7 Å². The van der Waals surface area contributed by atoms with Crippen LogP contribution in [-0.2, 0) is 4.79 Å². The van der Waals surface area contributed by atoms with E-state index in [0.29, 0.717) is 29.2 Å². The summed E-state index contributed by atoms with van der Waals surface area (Å²) in [5.74, 6) is -1.44. The summed E-state index contributed by atoms with van der Waals surface area (Å²) in [5.41, 5.74) is 1.97. The molecule has 1 aliphatic heterocycles. The third-order valence-electron chi connectivity index (χ3n) is 5.23. The van der Waals surface area contributed by atoms with E-state index < -0.39 is 23.8 Å². The maximum Gasteiger partial charge on any atom is 0.272 e. The van der Waals surface area contributed by atoms with Gasteiger partial charge in [-0.3, -0.25) is 9.59 Å². The molecule has 168 valence electrons. The van der Waals surface area contributed by atoms with Crippen LogP contribution in [0.1, 0.15) is 34.8 Å². The van der Waals surface area contributed by atoms with Crippen LogP contribution in [0.3, 0.4) is 0 Å². The number of halogens is 3. The van der Waals surface area contributed by atoms with E-state index in [9.17, 15) is 14.0 Å². The van der Waals surface area contributed by atoms with Gasteiger partial charge < -0.3 is 10.2 Å². The third-order valence-corrected chi connectivity index (χ3v) is 5.97. The van der Waals surface area contributed by atoms with Gasteiger partial charge in [0, 0.05) is 23.2 Å².